The smallest absolute Gasteiger partial charge is 0.251 e. The van der Waals surface area contributed by atoms with Crippen molar-refractivity contribution in [2.75, 3.05) is 18.9 Å². The van der Waals surface area contributed by atoms with Gasteiger partial charge in [0, 0.05) is 23.7 Å². The lowest BCUT2D eigenvalue weighted by Gasteiger charge is -2.24. The summed E-state index contributed by atoms with van der Waals surface area (Å²) in [6.45, 7) is 3.73. The molecule has 0 spiro atoms. The first-order valence-corrected chi connectivity index (χ1v) is 13.2. The zero-order chi connectivity index (χ0) is 24.6. The van der Waals surface area contributed by atoms with Gasteiger partial charge in [-0.15, -0.1) is 11.8 Å². The molecular weight excluding hydrogens is 480 g/mol. The molecule has 1 aliphatic rings. The first-order chi connectivity index (χ1) is 17.0. The lowest BCUT2D eigenvalue weighted by molar-refractivity contribution is -0.128. The fourth-order valence-electron chi connectivity index (χ4n) is 4.08. The predicted molar refractivity (Wildman–Crippen MR) is 142 cm³/mol. The van der Waals surface area contributed by atoms with E-state index in [-0.39, 0.29) is 17.2 Å². The molecule has 0 aromatic heterocycles. The van der Waals surface area contributed by atoms with Crippen molar-refractivity contribution in [3.8, 4) is 5.75 Å². The van der Waals surface area contributed by atoms with Gasteiger partial charge >= 0.3 is 0 Å². The molecule has 7 heteroatoms. The van der Waals surface area contributed by atoms with Crippen molar-refractivity contribution in [1.29, 1.82) is 0 Å². The van der Waals surface area contributed by atoms with Gasteiger partial charge in [-0.25, -0.2) is 0 Å². The summed E-state index contributed by atoms with van der Waals surface area (Å²) in [5.41, 5.74) is 3.82. The third kappa shape index (κ3) is 6.59. The van der Waals surface area contributed by atoms with Gasteiger partial charge in [0.05, 0.1) is 12.4 Å². The second-order valence-electron chi connectivity index (χ2n) is 8.33. The van der Waals surface area contributed by atoms with Gasteiger partial charge in [-0.1, -0.05) is 54.1 Å². The summed E-state index contributed by atoms with van der Waals surface area (Å²) >= 11 is 7.59. The summed E-state index contributed by atoms with van der Waals surface area (Å²) in [6, 6.07) is 23.1. The lowest BCUT2D eigenvalue weighted by Crippen LogP contribution is -2.28. The van der Waals surface area contributed by atoms with Crippen molar-refractivity contribution in [2.45, 2.75) is 31.7 Å². The molecule has 1 heterocycles. The first-order valence-electron chi connectivity index (χ1n) is 11.8. The molecule has 0 bridgehead atoms. The van der Waals surface area contributed by atoms with Crippen LogP contribution in [0.15, 0.2) is 72.8 Å². The number of carbonyl (C=O) groups is 2. The van der Waals surface area contributed by atoms with Gasteiger partial charge in [-0.3, -0.25) is 9.59 Å². The molecule has 0 radical (unpaired) electrons. The third-order valence-corrected chi connectivity index (χ3v) is 7.38. The van der Waals surface area contributed by atoms with Crippen LogP contribution in [0.4, 0.5) is 0 Å². The molecule has 35 heavy (non-hydrogen) atoms. The maximum Gasteiger partial charge on any atom is 0.251 e. The fraction of sp³-hybridized carbons (Fsp3) is 0.286. The number of hydrogen-bond donors (Lipinski definition) is 1. The second kappa shape index (κ2) is 12.1. The van der Waals surface area contributed by atoms with E-state index >= 15 is 0 Å². The van der Waals surface area contributed by atoms with Crippen LogP contribution >= 0.6 is 23.4 Å². The topological polar surface area (TPSA) is 58.6 Å². The third-order valence-electron chi connectivity index (χ3n) is 5.87. The fourth-order valence-corrected chi connectivity index (χ4v) is 5.39. The van der Waals surface area contributed by atoms with Gasteiger partial charge in [-0.05, 0) is 66.8 Å². The molecule has 182 valence electrons. The Morgan fingerprint density at radius 1 is 1.09 bits per heavy atom. The van der Waals surface area contributed by atoms with Gasteiger partial charge in [0.15, 0.2) is 0 Å². The number of aryl methyl sites for hydroxylation is 1. The van der Waals surface area contributed by atoms with Gasteiger partial charge in [0.2, 0.25) is 5.91 Å². The van der Waals surface area contributed by atoms with E-state index in [1.807, 2.05) is 78.6 Å². The quantitative estimate of drug-likeness (QED) is 0.348. The minimum Gasteiger partial charge on any atom is -0.494 e. The maximum absolute atomic E-state index is 12.6. The van der Waals surface area contributed by atoms with E-state index in [0.29, 0.717) is 36.0 Å². The zero-order valence-electron chi connectivity index (χ0n) is 19.7. The highest BCUT2D eigenvalue weighted by atomic mass is 35.5. The Labute approximate surface area is 215 Å². The standard InChI is InChI=1S/C28H29ClN2O3S/c1-2-34-25-8-4-3-6-21(25)7-5-17-30-27(33)22-11-13-23(14-12-22)28-31(26(32)19-35-28)18-20-9-15-24(29)16-10-20/h3-4,6,8-16,28H,2,5,7,17-19H2,1H3,(H,30,33). The number of nitrogens with one attached hydrogen (secondary N) is 1. The molecule has 0 aliphatic carbocycles. The molecule has 1 aliphatic heterocycles. The second-order valence-corrected chi connectivity index (χ2v) is 9.84. The van der Waals surface area contributed by atoms with Crippen molar-refractivity contribution in [2.24, 2.45) is 0 Å². The Morgan fingerprint density at radius 3 is 2.57 bits per heavy atom. The Morgan fingerprint density at radius 2 is 1.83 bits per heavy atom. The Kier molecular flexibility index (Phi) is 8.72. The summed E-state index contributed by atoms with van der Waals surface area (Å²) in [5, 5.41) is 3.61. The summed E-state index contributed by atoms with van der Waals surface area (Å²) in [6.07, 6.45) is 1.67. The van der Waals surface area contributed by atoms with Gasteiger partial charge < -0.3 is 15.0 Å². The summed E-state index contributed by atoms with van der Waals surface area (Å²) in [7, 11) is 0. The van der Waals surface area contributed by atoms with E-state index in [1.165, 1.54) is 0 Å². The Hall–Kier alpha value is -2.96. The highest BCUT2D eigenvalue weighted by molar-refractivity contribution is 8.00. The van der Waals surface area contributed by atoms with E-state index in [9.17, 15) is 9.59 Å². The molecule has 3 aromatic carbocycles. The van der Waals surface area contributed by atoms with Gasteiger partial charge in [0.1, 0.15) is 11.1 Å². The van der Waals surface area contributed by atoms with E-state index in [4.69, 9.17) is 16.3 Å². The summed E-state index contributed by atoms with van der Waals surface area (Å²) < 4.78 is 5.67. The number of carbonyl (C=O) groups excluding carboxylic acids is 2. The summed E-state index contributed by atoms with van der Waals surface area (Å²) in [5.74, 6) is 1.38. The molecule has 5 nitrogen and oxygen atoms in total. The van der Waals surface area contributed by atoms with E-state index in [2.05, 4.69) is 11.4 Å². The van der Waals surface area contributed by atoms with Gasteiger partial charge in [-0.2, -0.15) is 0 Å². The highest BCUT2D eigenvalue weighted by Crippen LogP contribution is 2.39. The summed E-state index contributed by atoms with van der Waals surface area (Å²) in [4.78, 5) is 27.0. The van der Waals surface area contributed by atoms with Crippen molar-refractivity contribution in [3.63, 3.8) is 0 Å². The number of para-hydroxylation sites is 1. The maximum atomic E-state index is 12.6. The van der Waals surface area contributed by atoms with Crippen LogP contribution in [0.2, 0.25) is 5.02 Å². The molecule has 3 aromatic rings. The largest absolute Gasteiger partial charge is 0.494 e. The van der Waals surface area contributed by atoms with Crippen LogP contribution in [0.25, 0.3) is 0 Å². The van der Waals surface area contributed by atoms with Crippen LogP contribution in [-0.4, -0.2) is 35.6 Å². The van der Waals surface area contributed by atoms with E-state index in [1.54, 1.807) is 11.8 Å². The number of ether oxygens (including phenoxy) is 1. The molecule has 1 atom stereocenters. The van der Waals surface area contributed by atoms with Crippen LogP contribution in [-0.2, 0) is 17.8 Å². The monoisotopic (exact) mass is 508 g/mol. The molecule has 2 amide bonds. The van der Waals surface area contributed by atoms with Crippen LogP contribution in [0.1, 0.15) is 45.8 Å². The highest BCUT2D eigenvalue weighted by Gasteiger charge is 2.32. The SMILES string of the molecule is CCOc1ccccc1CCCNC(=O)c1ccc(C2SCC(=O)N2Cc2ccc(Cl)cc2)cc1. The van der Waals surface area contributed by atoms with Crippen molar-refractivity contribution in [3.05, 3.63) is 100 Å². The number of hydrogen-bond acceptors (Lipinski definition) is 4. The predicted octanol–water partition coefficient (Wildman–Crippen LogP) is 5.88. The van der Waals surface area contributed by atoms with Gasteiger partial charge in [0.25, 0.3) is 5.91 Å². The van der Waals surface area contributed by atoms with E-state index in [0.717, 1.165) is 35.3 Å². The number of nitrogens with zero attached hydrogens (tertiary/aromatic N) is 1. The molecule has 1 N–H and O–H groups in total. The molecule has 1 unspecified atom stereocenters. The zero-order valence-corrected chi connectivity index (χ0v) is 21.3. The number of thioether (sulfide) groups is 1. The van der Waals surface area contributed by atoms with Crippen LogP contribution in [0.5, 0.6) is 5.75 Å². The number of rotatable bonds is 10. The van der Waals surface area contributed by atoms with Crippen molar-refractivity contribution in [1.82, 2.24) is 10.2 Å². The molecule has 4 rings (SSSR count). The molecule has 1 fully saturated rings. The Balaban J connectivity index is 1.31. The average molecular weight is 509 g/mol. The van der Waals surface area contributed by atoms with Crippen LogP contribution in [0.3, 0.4) is 0 Å². The first kappa shape index (κ1) is 25.1. The average Bonchev–Trinajstić information content (AvgIpc) is 3.24. The minimum absolute atomic E-state index is 0.0688. The lowest BCUT2D eigenvalue weighted by atomic mass is 10.1. The minimum atomic E-state index is -0.0946. The van der Waals surface area contributed by atoms with E-state index < -0.39 is 0 Å². The number of benzene rings is 3. The Bertz CT molecular complexity index is 1150. The van der Waals surface area contributed by atoms with Crippen LogP contribution in [0, 0.1) is 0 Å². The van der Waals surface area contributed by atoms with Crippen molar-refractivity contribution >= 4 is 35.2 Å². The molecular formula is C28H29ClN2O3S. The number of halogens is 1. The number of amides is 2. The van der Waals surface area contributed by atoms with Crippen LogP contribution < -0.4 is 10.1 Å². The molecule has 1 saturated heterocycles. The molecule has 0 saturated carbocycles. The van der Waals surface area contributed by atoms with Crippen molar-refractivity contribution < 1.29 is 14.3 Å². The normalized spacial score (nSPS) is 15.3.